The minimum absolute atomic E-state index is 0.00659. The molecule has 0 aliphatic rings. The van der Waals surface area contributed by atoms with Crippen LogP contribution in [0.3, 0.4) is 0 Å². The average molecular weight is 482 g/mol. The van der Waals surface area contributed by atoms with Gasteiger partial charge in [-0.15, -0.1) is 0 Å². The Bertz CT molecular complexity index is 385. The van der Waals surface area contributed by atoms with Crippen LogP contribution < -0.4 is 5.32 Å². The summed E-state index contributed by atoms with van der Waals surface area (Å²) in [4.78, 5) is 10.9. The highest BCUT2D eigenvalue weighted by Gasteiger charge is 2.24. The Morgan fingerprint density at radius 1 is 1.00 bits per heavy atom. The molecule has 3 nitrogen and oxygen atoms in total. The van der Waals surface area contributed by atoms with E-state index in [1.165, 1.54) is 25.7 Å². The van der Waals surface area contributed by atoms with E-state index in [1.807, 2.05) is 0 Å². The molecule has 0 aliphatic heterocycles. The van der Waals surface area contributed by atoms with Gasteiger partial charge in [-0.2, -0.15) is 0 Å². The maximum atomic E-state index is 10.9. The van der Waals surface area contributed by atoms with E-state index in [9.17, 15) is 4.79 Å². The second-order valence-corrected chi connectivity index (χ2v) is 11.6. The number of rotatable bonds is 12. The molecule has 0 radical (unpaired) electrons. The molecule has 1 N–H and O–H groups in total. The van der Waals surface area contributed by atoms with E-state index in [0.29, 0.717) is 29.2 Å². The summed E-state index contributed by atoms with van der Waals surface area (Å²) in [7, 11) is 0. The van der Waals surface area contributed by atoms with Crippen molar-refractivity contribution in [3.05, 3.63) is 0 Å². The van der Waals surface area contributed by atoms with Crippen LogP contribution in [-0.2, 0) is 4.74 Å². The molecule has 0 aromatic carbocycles. The van der Waals surface area contributed by atoms with Crippen molar-refractivity contribution < 1.29 is 9.53 Å². The fourth-order valence-electron chi connectivity index (χ4n) is 3.91. The number of ether oxygens (including phenoxy) is 1. The topological polar surface area (TPSA) is 38.3 Å². The molecule has 0 saturated carbocycles. The summed E-state index contributed by atoms with van der Waals surface area (Å²) in [6.45, 7) is 21.1. The van der Waals surface area contributed by atoms with Gasteiger partial charge in [0.2, 0.25) is 0 Å². The molecule has 1 amide bonds. The molecule has 0 heterocycles. The third-order valence-corrected chi connectivity index (χ3v) is 5.17. The largest absolute Gasteiger partial charge is 0.381 e. The van der Waals surface area contributed by atoms with E-state index in [0.717, 1.165) is 25.6 Å². The smallest absolute Gasteiger partial charge is 0.280 e. The van der Waals surface area contributed by atoms with Crippen molar-refractivity contribution in [2.75, 3.05) is 19.8 Å². The lowest BCUT2D eigenvalue weighted by atomic mass is 9.76. The Labute approximate surface area is 176 Å². The first-order valence-corrected chi connectivity index (χ1v) is 11.4. The minimum Gasteiger partial charge on any atom is -0.381 e. The number of carbonyl (C=O) groups is 1. The van der Waals surface area contributed by atoms with Crippen molar-refractivity contribution in [2.24, 2.45) is 28.6 Å². The van der Waals surface area contributed by atoms with Gasteiger partial charge in [0.25, 0.3) is 3.91 Å². The highest BCUT2D eigenvalue weighted by Crippen LogP contribution is 2.33. The van der Waals surface area contributed by atoms with Crippen LogP contribution >= 0.6 is 22.6 Å². The van der Waals surface area contributed by atoms with Crippen LogP contribution in [0, 0.1) is 28.6 Å². The standard InChI is InChI=1S/C22H44INO2/c1-17(14-21(3,4)5)10-11-19(18(2)15-22(6,7)8)16-26-13-9-12-24-20(23)25/h17-19H,9-16H2,1-8H3,(H,24,25). The fraction of sp³-hybridized carbons (Fsp3) is 0.955. The van der Waals surface area contributed by atoms with E-state index in [4.69, 9.17) is 4.74 Å². The zero-order valence-corrected chi connectivity index (χ0v) is 20.7. The van der Waals surface area contributed by atoms with E-state index < -0.39 is 0 Å². The van der Waals surface area contributed by atoms with Crippen LogP contribution in [-0.4, -0.2) is 23.7 Å². The molecular weight excluding hydrogens is 437 g/mol. The Morgan fingerprint density at radius 3 is 2.08 bits per heavy atom. The predicted octanol–water partition coefficient (Wildman–Crippen LogP) is 7.08. The lowest BCUT2D eigenvalue weighted by Gasteiger charge is -2.31. The summed E-state index contributed by atoms with van der Waals surface area (Å²) in [5, 5.41) is 2.82. The predicted molar refractivity (Wildman–Crippen MR) is 122 cm³/mol. The number of amides is 1. The normalized spacial score (nSPS) is 16.2. The molecule has 0 aliphatic carbocycles. The molecule has 26 heavy (non-hydrogen) atoms. The van der Waals surface area contributed by atoms with E-state index in [-0.39, 0.29) is 3.91 Å². The van der Waals surface area contributed by atoms with Gasteiger partial charge in [-0.1, -0.05) is 61.8 Å². The maximum absolute atomic E-state index is 10.9. The van der Waals surface area contributed by atoms with E-state index in [1.54, 1.807) is 22.6 Å². The molecule has 156 valence electrons. The van der Waals surface area contributed by atoms with Gasteiger partial charge in [0.05, 0.1) is 0 Å². The molecule has 4 heteroatoms. The van der Waals surface area contributed by atoms with Crippen molar-refractivity contribution in [2.45, 2.75) is 87.5 Å². The van der Waals surface area contributed by atoms with Gasteiger partial charge in [0.15, 0.2) is 0 Å². The van der Waals surface area contributed by atoms with Crippen molar-refractivity contribution in [1.82, 2.24) is 5.32 Å². The summed E-state index contributed by atoms with van der Waals surface area (Å²) in [6.07, 6.45) is 5.93. The summed E-state index contributed by atoms with van der Waals surface area (Å²) in [6, 6.07) is 0. The maximum Gasteiger partial charge on any atom is 0.280 e. The van der Waals surface area contributed by atoms with Gasteiger partial charge in [-0.25, -0.2) is 0 Å². The molecule has 0 fully saturated rings. The van der Waals surface area contributed by atoms with Gasteiger partial charge in [0, 0.05) is 42.3 Å². The first-order chi connectivity index (χ1) is 11.8. The summed E-state index contributed by atoms with van der Waals surface area (Å²) >= 11 is 1.77. The van der Waals surface area contributed by atoms with E-state index >= 15 is 0 Å². The van der Waals surface area contributed by atoms with Gasteiger partial charge in [-0.05, 0) is 54.3 Å². The molecular formula is C22H44INO2. The van der Waals surface area contributed by atoms with Crippen LogP contribution in [0.5, 0.6) is 0 Å². The molecule has 0 spiro atoms. The van der Waals surface area contributed by atoms with Crippen LogP contribution in [0.15, 0.2) is 0 Å². The minimum atomic E-state index is 0.00659. The average Bonchev–Trinajstić information content (AvgIpc) is 2.41. The van der Waals surface area contributed by atoms with Gasteiger partial charge >= 0.3 is 0 Å². The number of nitrogens with one attached hydrogen (secondary N) is 1. The summed E-state index contributed by atoms with van der Waals surface area (Å²) in [5.41, 5.74) is 0.769. The molecule has 0 bridgehead atoms. The molecule has 3 atom stereocenters. The van der Waals surface area contributed by atoms with Gasteiger partial charge in [-0.3, -0.25) is 4.79 Å². The number of carbonyl (C=O) groups excluding carboxylic acids is 1. The Balaban J connectivity index is 4.44. The Hall–Kier alpha value is 0.160. The number of hydrogen-bond donors (Lipinski definition) is 1. The monoisotopic (exact) mass is 481 g/mol. The number of hydrogen-bond acceptors (Lipinski definition) is 2. The lowest BCUT2D eigenvalue weighted by molar-refractivity contribution is 0.0617. The molecule has 0 aromatic heterocycles. The third kappa shape index (κ3) is 16.3. The van der Waals surface area contributed by atoms with Crippen molar-refractivity contribution in [3.8, 4) is 0 Å². The van der Waals surface area contributed by atoms with Crippen LogP contribution in [0.4, 0.5) is 4.79 Å². The fourth-order valence-corrected chi connectivity index (χ4v) is 4.18. The van der Waals surface area contributed by atoms with Gasteiger partial charge < -0.3 is 10.1 Å². The van der Waals surface area contributed by atoms with Crippen LogP contribution in [0.25, 0.3) is 0 Å². The Kier molecular flexibility index (Phi) is 12.7. The van der Waals surface area contributed by atoms with Crippen molar-refractivity contribution in [1.29, 1.82) is 0 Å². The highest BCUT2D eigenvalue weighted by molar-refractivity contribution is 14.1. The van der Waals surface area contributed by atoms with Crippen molar-refractivity contribution >= 4 is 26.5 Å². The first-order valence-electron chi connectivity index (χ1n) is 10.3. The third-order valence-electron chi connectivity index (χ3n) is 4.79. The zero-order chi connectivity index (χ0) is 20.4. The van der Waals surface area contributed by atoms with Crippen molar-refractivity contribution in [3.63, 3.8) is 0 Å². The molecule has 0 rings (SSSR count). The summed E-state index contributed by atoms with van der Waals surface area (Å²) < 4.78 is 6.00. The quantitative estimate of drug-likeness (QED) is 0.140. The zero-order valence-electron chi connectivity index (χ0n) is 18.6. The Morgan fingerprint density at radius 2 is 1.58 bits per heavy atom. The van der Waals surface area contributed by atoms with E-state index in [2.05, 4.69) is 60.7 Å². The van der Waals surface area contributed by atoms with Crippen LogP contribution in [0.1, 0.15) is 87.5 Å². The molecule has 0 saturated heterocycles. The second-order valence-electron chi connectivity index (χ2n) is 10.6. The SMILES string of the molecule is CC(CCC(COCCCNC(=O)I)C(C)CC(C)(C)C)CC(C)(C)C. The molecule has 0 aromatic rings. The number of halogens is 1. The van der Waals surface area contributed by atoms with Crippen LogP contribution in [0.2, 0.25) is 0 Å². The first kappa shape index (κ1) is 26.2. The van der Waals surface area contributed by atoms with Gasteiger partial charge in [0.1, 0.15) is 0 Å². The summed E-state index contributed by atoms with van der Waals surface area (Å²) in [5.74, 6) is 2.06. The second kappa shape index (κ2) is 12.6. The highest BCUT2D eigenvalue weighted by atomic mass is 127. The molecule has 3 unspecified atom stereocenters. The lowest BCUT2D eigenvalue weighted by Crippen LogP contribution is -2.25.